The van der Waals surface area contributed by atoms with Crippen molar-refractivity contribution in [1.82, 2.24) is 0 Å². The first-order valence-electron chi connectivity index (χ1n) is 25.5. The van der Waals surface area contributed by atoms with Gasteiger partial charge in [-0.1, -0.05) is 145 Å². The van der Waals surface area contributed by atoms with E-state index in [9.17, 15) is 8.22 Å². The van der Waals surface area contributed by atoms with Crippen molar-refractivity contribution in [2.45, 2.75) is 0 Å². The summed E-state index contributed by atoms with van der Waals surface area (Å²) in [6.07, 6.45) is 0. The zero-order valence-corrected chi connectivity index (χ0v) is 22.7. The van der Waals surface area contributed by atoms with Gasteiger partial charge in [-0.2, -0.15) is 0 Å². The second-order valence-corrected chi connectivity index (χ2v) is 9.84. The van der Waals surface area contributed by atoms with Crippen molar-refractivity contribution in [3.05, 3.63) is 169 Å². The monoisotopic (exact) mass is 596 g/mol. The first-order chi connectivity index (χ1) is 32.3. The van der Waals surface area contributed by atoms with Crippen molar-refractivity contribution in [2.24, 2.45) is 0 Å². The van der Waals surface area contributed by atoms with Crippen molar-refractivity contribution in [3.63, 3.8) is 0 Å². The molecule has 9 rings (SSSR count). The normalized spacial score (nSPS) is 19.0. The molecule has 210 valence electrons. The van der Waals surface area contributed by atoms with Gasteiger partial charge in [0, 0.05) is 10.8 Å². The first kappa shape index (κ1) is 11.2. The molecule has 0 fully saturated rings. The number of rotatable bonds is 4. The second kappa shape index (κ2) is 10.4. The molecule has 0 spiro atoms. The maximum Gasteiger partial charge on any atom is 0.136 e. The maximum absolute atomic E-state index is 9.66. The number of furan rings is 1. The van der Waals surface area contributed by atoms with Crippen LogP contribution in [0.2, 0.25) is 0 Å². The third-order valence-electron chi connectivity index (χ3n) is 7.39. The summed E-state index contributed by atoms with van der Waals surface area (Å²) in [4.78, 5) is 0. The van der Waals surface area contributed by atoms with Crippen LogP contribution < -0.4 is 0 Å². The van der Waals surface area contributed by atoms with Crippen LogP contribution >= 0.6 is 0 Å². The van der Waals surface area contributed by atoms with Crippen LogP contribution in [0.1, 0.15) is 32.9 Å². The van der Waals surface area contributed by atoms with Gasteiger partial charge in [0.05, 0.1) is 32.9 Å². The largest absolute Gasteiger partial charge is 0.456 e. The van der Waals surface area contributed by atoms with Crippen molar-refractivity contribution in [3.8, 4) is 44.5 Å². The van der Waals surface area contributed by atoms with Crippen molar-refractivity contribution < 1.29 is 37.3 Å². The summed E-state index contributed by atoms with van der Waals surface area (Å²) in [6.45, 7) is 0. The van der Waals surface area contributed by atoms with Crippen LogP contribution in [0.4, 0.5) is 0 Å². The molecule has 1 aromatic heterocycles. The number of hydrogen-bond donors (Lipinski definition) is 0. The smallest absolute Gasteiger partial charge is 0.136 e. The lowest BCUT2D eigenvalue weighted by molar-refractivity contribution is 0.669. The molecule has 0 saturated heterocycles. The van der Waals surface area contributed by atoms with Gasteiger partial charge in [-0.25, -0.2) is 0 Å². The lowest BCUT2D eigenvalue weighted by Gasteiger charge is -2.18. The fourth-order valence-electron chi connectivity index (χ4n) is 5.53. The molecule has 0 aliphatic rings. The van der Waals surface area contributed by atoms with Gasteiger partial charge in [-0.05, 0) is 90.2 Å². The molecular formula is C44H28O. The van der Waals surface area contributed by atoms with Gasteiger partial charge < -0.3 is 4.42 Å². The zero-order chi connectivity index (χ0) is 50.6. The minimum atomic E-state index is -0.835. The van der Waals surface area contributed by atoms with E-state index in [2.05, 4.69) is 0 Å². The molecule has 8 aromatic carbocycles. The van der Waals surface area contributed by atoms with Crippen LogP contribution in [0.5, 0.6) is 0 Å². The standard InChI is InChI=1S/C44H28O/c1-3-13-29(14-4-1)34-23-12-24-41-44(34)39-28-32(25-26-40(39)45-41)31-17-11-18-33(27-31)43-37-21-9-7-19-35(37)42(30-15-5-2-6-16-30)36-20-8-10-22-38(36)43/h1-28H/i1D,2D,3D,4D,5D,6D,7D,8D,9D,10D,12D,13D,14D,15D,16D,19D,20D,21D,22D,23D,24D,25D,26D,28D. The van der Waals surface area contributed by atoms with Gasteiger partial charge in [-0.15, -0.1) is 0 Å². The Labute approximate surface area is 295 Å². The average molecular weight is 597 g/mol. The summed E-state index contributed by atoms with van der Waals surface area (Å²) in [5.41, 5.74) is -3.78. The molecular weight excluding hydrogens is 544 g/mol. The van der Waals surface area contributed by atoms with Crippen LogP contribution in [0.15, 0.2) is 174 Å². The minimum absolute atomic E-state index is 0.0480. The SMILES string of the molecule is [2H]c1c([2H])c([2H])c(-c2c3c([2H])c([2H])c([2H])c([2H])c3c(-c3cccc(-c4c([2H])c([2H])c5oc6c([2H])c([2H])c([2H])c(-c7c([2H])c([2H])c([2H])c([2H])c7[2H])c6c5c4[2H])c3)c3c([2H])c([2H])c([2H])c([2H])c23)c([2H])c1[2H]. The van der Waals surface area contributed by atoms with E-state index in [1.165, 1.54) is 24.3 Å². The first-order valence-corrected chi connectivity index (χ1v) is 13.5. The topological polar surface area (TPSA) is 13.1 Å². The molecule has 0 saturated carbocycles. The molecule has 0 atom stereocenters. The Morgan fingerprint density at radius 1 is 0.400 bits per heavy atom. The van der Waals surface area contributed by atoms with E-state index in [-0.39, 0.29) is 33.0 Å². The predicted molar refractivity (Wildman–Crippen MR) is 190 cm³/mol. The lowest BCUT2D eigenvalue weighted by Crippen LogP contribution is -1.91. The molecule has 1 heterocycles. The highest BCUT2D eigenvalue weighted by molar-refractivity contribution is 6.21. The Morgan fingerprint density at radius 2 is 0.978 bits per heavy atom. The van der Waals surface area contributed by atoms with Gasteiger partial charge in [0.15, 0.2) is 0 Å². The number of hydrogen-bond acceptors (Lipinski definition) is 1. The van der Waals surface area contributed by atoms with E-state index < -0.39 is 200 Å². The van der Waals surface area contributed by atoms with E-state index in [1.807, 2.05) is 0 Å². The van der Waals surface area contributed by atoms with Crippen molar-refractivity contribution >= 4 is 43.5 Å². The summed E-state index contributed by atoms with van der Waals surface area (Å²) in [7, 11) is 0. The predicted octanol–water partition coefficient (Wildman–Crippen LogP) is 12.6. The Bertz CT molecular complexity index is 3750. The molecule has 0 N–H and O–H groups in total. The molecule has 0 aliphatic carbocycles. The summed E-state index contributed by atoms with van der Waals surface area (Å²) in [5.74, 6) is 0. The van der Waals surface area contributed by atoms with E-state index in [4.69, 9.17) is 29.1 Å². The highest BCUT2D eigenvalue weighted by Gasteiger charge is 2.17. The van der Waals surface area contributed by atoms with E-state index in [0.717, 1.165) is 0 Å². The Hall–Kier alpha value is -5.92. The quantitative estimate of drug-likeness (QED) is 0.184. The fourth-order valence-corrected chi connectivity index (χ4v) is 5.53. The zero-order valence-electron chi connectivity index (χ0n) is 46.7. The average Bonchev–Trinajstić information content (AvgIpc) is 3.74. The Morgan fingerprint density at radius 3 is 1.64 bits per heavy atom. The van der Waals surface area contributed by atoms with Crippen LogP contribution in [0.25, 0.3) is 88.0 Å². The van der Waals surface area contributed by atoms with E-state index in [0.29, 0.717) is 0 Å². The molecule has 0 unspecified atom stereocenters. The summed E-state index contributed by atoms with van der Waals surface area (Å²) < 4.78 is 217. The van der Waals surface area contributed by atoms with Gasteiger partial charge >= 0.3 is 0 Å². The molecule has 0 radical (unpaired) electrons. The fraction of sp³-hybridized carbons (Fsp3) is 0. The molecule has 1 nitrogen and oxygen atoms in total. The summed E-state index contributed by atoms with van der Waals surface area (Å²) >= 11 is 0. The highest BCUT2D eigenvalue weighted by Crippen LogP contribution is 2.44. The van der Waals surface area contributed by atoms with Crippen molar-refractivity contribution in [1.29, 1.82) is 0 Å². The Balaban J connectivity index is 1.47. The maximum atomic E-state index is 9.66. The molecule has 45 heavy (non-hydrogen) atoms. The minimum Gasteiger partial charge on any atom is -0.456 e. The summed E-state index contributed by atoms with van der Waals surface area (Å²) in [6, 6.07) is -13.0. The molecule has 1 heteroatoms. The lowest BCUT2D eigenvalue weighted by atomic mass is 9.85. The second-order valence-electron chi connectivity index (χ2n) is 9.84. The molecule has 0 aliphatic heterocycles. The van der Waals surface area contributed by atoms with Crippen LogP contribution in [-0.4, -0.2) is 0 Å². The highest BCUT2D eigenvalue weighted by atomic mass is 16.3. The molecule has 0 bridgehead atoms. The van der Waals surface area contributed by atoms with Crippen LogP contribution in [0.3, 0.4) is 0 Å². The van der Waals surface area contributed by atoms with Gasteiger partial charge in [0.1, 0.15) is 11.2 Å². The van der Waals surface area contributed by atoms with Gasteiger partial charge in [0.25, 0.3) is 0 Å². The van der Waals surface area contributed by atoms with Gasteiger partial charge in [-0.3, -0.25) is 0 Å². The number of benzene rings is 8. The van der Waals surface area contributed by atoms with E-state index in [1.54, 1.807) is 0 Å². The summed E-state index contributed by atoms with van der Waals surface area (Å²) in [5, 5.41) is -2.40. The van der Waals surface area contributed by atoms with E-state index >= 15 is 0 Å². The van der Waals surface area contributed by atoms with Crippen LogP contribution in [-0.2, 0) is 0 Å². The number of fused-ring (bicyclic) bond motifs is 5. The third-order valence-corrected chi connectivity index (χ3v) is 7.39. The van der Waals surface area contributed by atoms with Crippen LogP contribution in [0, 0.1) is 0 Å². The third kappa shape index (κ3) is 4.17. The van der Waals surface area contributed by atoms with Gasteiger partial charge in [0.2, 0.25) is 0 Å². The van der Waals surface area contributed by atoms with Crippen molar-refractivity contribution in [2.75, 3.05) is 0 Å². The molecule has 0 amide bonds. The molecule has 9 aromatic rings. The Kier molecular flexibility index (Phi) is 2.58.